The van der Waals surface area contributed by atoms with E-state index in [1.54, 1.807) is 0 Å². The Hall–Kier alpha value is -2.14. The van der Waals surface area contributed by atoms with Gasteiger partial charge >= 0.3 is 0 Å². The summed E-state index contributed by atoms with van der Waals surface area (Å²) in [6.45, 7) is 6.48. The molecule has 2 aliphatic rings. The first-order valence-electron chi connectivity index (χ1n) is 9.83. The molecule has 26 heavy (non-hydrogen) atoms. The Morgan fingerprint density at radius 3 is 2.62 bits per heavy atom. The van der Waals surface area contributed by atoms with Crippen molar-refractivity contribution in [2.75, 3.05) is 19.6 Å². The number of piperidine rings is 1. The molecule has 1 fully saturated rings. The van der Waals surface area contributed by atoms with E-state index in [0.717, 1.165) is 57.7 Å². The summed E-state index contributed by atoms with van der Waals surface area (Å²) in [5, 5.41) is 4.77. The van der Waals surface area contributed by atoms with Crippen molar-refractivity contribution in [2.45, 2.75) is 51.7 Å². The number of benzene rings is 1. The zero-order chi connectivity index (χ0) is 17.9. The number of rotatable bonds is 4. The molecule has 2 aromatic rings. The minimum absolute atomic E-state index is 0.0469. The number of likely N-dealkylation sites (tertiary alicyclic amines) is 1. The predicted molar refractivity (Wildman–Crippen MR) is 102 cm³/mol. The van der Waals surface area contributed by atoms with Crippen molar-refractivity contribution in [3.8, 4) is 0 Å². The van der Waals surface area contributed by atoms with Crippen LogP contribution in [0.15, 0.2) is 36.4 Å². The summed E-state index contributed by atoms with van der Waals surface area (Å²) in [6, 6.07) is 12.6. The first-order valence-corrected chi connectivity index (χ1v) is 9.83. The third-order valence-electron chi connectivity index (χ3n) is 5.68. The molecule has 1 aromatic carbocycles. The van der Waals surface area contributed by atoms with E-state index in [0.29, 0.717) is 5.91 Å². The summed E-state index contributed by atoms with van der Waals surface area (Å²) in [7, 11) is 0. The molecule has 2 aliphatic heterocycles. The van der Waals surface area contributed by atoms with E-state index < -0.39 is 0 Å². The largest absolute Gasteiger partial charge is 0.341 e. The maximum Gasteiger partial charge on any atom is 0.239 e. The van der Waals surface area contributed by atoms with Crippen molar-refractivity contribution in [1.82, 2.24) is 19.6 Å². The summed E-state index contributed by atoms with van der Waals surface area (Å²) in [5.41, 5.74) is 3.62. The van der Waals surface area contributed by atoms with Gasteiger partial charge in [0, 0.05) is 32.6 Å². The highest BCUT2D eigenvalue weighted by Gasteiger charge is 2.29. The number of carbonyl (C=O) groups is 1. The molecular formula is C21H28N4O. The fraction of sp³-hybridized carbons (Fsp3) is 0.524. The van der Waals surface area contributed by atoms with Crippen LogP contribution in [0.2, 0.25) is 0 Å². The van der Waals surface area contributed by atoms with E-state index in [1.165, 1.54) is 17.7 Å². The predicted octanol–water partition coefficient (Wildman–Crippen LogP) is 2.69. The van der Waals surface area contributed by atoms with Crippen LogP contribution in [-0.2, 0) is 24.3 Å². The van der Waals surface area contributed by atoms with E-state index in [4.69, 9.17) is 5.10 Å². The summed E-state index contributed by atoms with van der Waals surface area (Å²) in [6.07, 6.45) is 4.41. The van der Waals surface area contributed by atoms with Crippen molar-refractivity contribution in [1.29, 1.82) is 0 Å². The highest BCUT2D eigenvalue weighted by atomic mass is 16.2. The lowest BCUT2D eigenvalue weighted by molar-refractivity contribution is -0.137. The topological polar surface area (TPSA) is 41.4 Å². The van der Waals surface area contributed by atoms with Gasteiger partial charge in [-0.15, -0.1) is 0 Å². The average molecular weight is 352 g/mol. The van der Waals surface area contributed by atoms with Gasteiger partial charge in [0.15, 0.2) is 0 Å². The Balaban J connectivity index is 1.41. The molecule has 0 unspecified atom stereocenters. The van der Waals surface area contributed by atoms with E-state index in [9.17, 15) is 4.79 Å². The molecule has 1 amide bonds. The van der Waals surface area contributed by atoms with Crippen molar-refractivity contribution in [3.63, 3.8) is 0 Å². The van der Waals surface area contributed by atoms with Crippen molar-refractivity contribution < 1.29 is 4.79 Å². The first kappa shape index (κ1) is 17.3. The normalized spacial score (nSPS) is 19.2. The van der Waals surface area contributed by atoms with Crippen molar-refractivity contribution in [3.05, 3.63) is 53.3 Å². The smallest absolute Gasteiger partial charge is 0.239 e. The minimum Gasteiger partial charge on any atom is -0.341 e. The van der Waals surface area contributed by atoms with Crippen LogP contribution in [0, 0.1) is 0 Å². The number of fused-ring (bicyclic) bond motifs is 1. The van der Waals surface area contributed by atoms with Crippen molar-refractivity contribution in [2.24, 2.45) is 0 Å². The minimum atomic E-state index is -0.0469. The van der Waals surface area contributed by atoms with E-state index in [2.05, 4.69) is 51.7 Å². The molecule has 0 spiro atoms. The van der Waals surface area contributed by atoms with E-state index >= 15 is 0 Å². The number of amides is 1. The Kier molecular flexibility index (Phi) is 5.07. The Labute approximate surface area is 155 Å². The number of aromatic nitrogens is 2. The Bertz CT molecular complexity index is 749. The number of hydrogen-bond acceptors (Lipinski definition) is 3. The second-order valence-electron chi connectivity index (χ2n) is 7.54. The van der Waals surface area contributed by atoms with Crippen LogP contribution in [0.5, 0.6) is 0 Å². The zero-order valence-corrected chi connectivity index (χ0v) is 15.6. The molecule has 0 radical (unpaired) electrons. The van der Waals surface area contributed by atoms with Crippen LogP contribution in [0.3, 0.4) is 0 Å². The Morgan fingerprint density at radius 1 is 1.08 bits per heavy atom. The molecule has 0 N–H and O–H groups in total. The Morgan fingerprint density at radius 2 is 1.85 bits per heavy atom. The van der Waals surface area contributed by atoms with Gasteiger partial charge in [-0.2, -0.15) is 5.10 Å². The maximum absolute atomic E-state index is 12.8. The zero-order valence-electron chi connectivity index (χ0n) is 15.6. The SMILES string of the molecule is C[C@H](C(=O)N1CCCCC1)N1CCn2nc(Cc3ccccc3)cc2C1. The van der Waals surface area contributed by atoms with Crippen LogP contribution in [-0.4, -0.2) is 51.2 Å². The fourth-order valence-corrected chi connectivity index (χ4v) is 4.10. The van der Waals surface area contributed by atoms with Gasteiger partial charge in [-0.1, -0.05) is 30.3 Å². The molecule has 0 aliphatic carbocycles. The lowest BCUT2D eigenvalue weighted by Crippen LogP contribution is -2.50. The van der Waals surface area contributed by atoms with E-state index in [-0.39, 0.29) is 6.04 Å². The average Bonchev–Trinajstić information content (AvgIpc) is 3.09. The van der Waals surface area contributed by atoms with Gasteiger partial charge in [0.1, 0.15) is 0 Å². The molecule has 1 aromatic heterocycles. The maximum atomic E-state index is 12.8. The number of nitrogens with zero attached hydrogens (tertiary/aromatic N) is 4. The van der Waals surface area contributed by atoms with Gasteiger partial charge in [0.25, 0.3) is 0 Å². The van der Waals surface area contributed by atoms with Gasteiger partial charge in [0.05, 0.1) is 24.0 Å². The molecule has 4 rings (SSSR count). The highest BCUT2D eigenvalue weighted by molar-refractivity contribution is 5.81. The summed E-state index contributed by atoms with van der Waals surface area (Å²) in [4.78, 5) is 17.2. The van der Waals surface area contributed by atoms with E-state index in [1.807, 2.05) is 6.07 Å². The van der Waals surface area contributed by atoms with Gasteiger partial charge in [0.2, 0.25) is 5.91 Å². The van der Waals surface area contributed by atoms with Crippen LogP contribution in [0.1, 0.15) is 43.1 Å². The standard InChI is InChI=1S/C21H28N4O/c1-17(21(26)23-10-6-3-7-11-23)24-12-13-25-20(16-24)15-19(22-25)14-18-8-4-2-5-9-18/h2,4-5,8-9,15,17H,3,6-7,10-14,16H2,1H3/t17-/m1/s1. The van der Waals surface area contributed by atoms with Gasteiger partial charge in [-0.25, -0.2) is 0 Å². The lowest BCUT2D eigenvalue weighted by atomic mass is 10.1. The third kappa shape index (κ3) is 3.68. The monoisotopic (exact) mass is 352 g/mol. The van der Waals surface area contributed by atoms with Crippen LogP contribution < -0.4 is 0 Å². The molecular weight excluding hydrogens is 324 g/mol. The third-order valence-corrected chi connectivity index (χ3v) is 5.68. The lowest BCUT2D eigenvalue weighted by Gasteiger charge is -2.36. The number of hydrogen-bond donors (Lipinski definition) is 0. The van der Waals surface area contributed by atoms with Crippen LogP contribution in [0.4, 0.5) is 0 Å². The highest BCUT2D eigenvalue weighted by Crippen LogP contribution is 2.20. The van der Waals surface area contributed by atoms with Gasteiger partial charge < -0.3 is 4.90 Å². The molecule has 3 heterocycles. The summed E-state index contributed by atoms with van der Waals surface area (Å²) >= 11 is 0. The van der Waals surface area contributed by atoms with Gasteiger partial charge in [-0.3, -0.25) is 14.4 Å². The quantitative estimate of drug-likeness (QED) is 0.850. The molecule has 1 saturated heterocycles. The summed E-state index contributed by atoms with van der Waals surface area (Å²) < 4.78 is 2.12. The fourth-order valence-electron chi connectivity index (χ4n) is 4.10. The van der Waals surface area contributed by atoms with Crippen LogP contribution in [0.25, 0.3) is 0 Å². The van der Waals surface area contributed by atoms with Crippen molar-refractivity contribution >= 4 is 5.91 Å². The van der Waals surface area contributed by atoms with Crippen LogP contribution >= 0.6 is 0 Å². The second kappa shape index (κ2) is 7.62. The first-order chi connectivity index (χ1) is 12.7. The molecule has 138 valence electrons. The van der Waals surface area contributed by atoms with Gasteiger partial charge in [-0.05, 0) is 37.8 Å². The molecule has 5 nitrogen and oxygen atoms in total. The second-order valence-corrected chi connectivity index (χ2v) is 7.54. The number of carbonyl (C=O) groups excluding carboxylic acids is 1. The summed E-state index contributed by atoms with van der Waals surface area (Å²) in [5.74, 6) is 0.294. The molecule has 0 saturated carbocycles. The molecule has 0 bridgehead atoms. The molecule has 1 atom stereocenters. The molecule has 5 heteroatoms.